The highest BCUT2D eigenvalue weighted by Crippen LogP contribution is 2.23. The molecule has 4 rings (SSSR count). The van der Waals surface area contributed by atoms with E-state index >= 15 is 0 Å². The summed E-state index contributed by atoms with van der Waals surface area (Å²) in [5.74, 6) is -0.316. The molecule has 0 bridgehead atoms. The van der Waals surface area contributed by atoms with Crippen molar-refractivity contribution in [1.29, 1.82) is 0 Å². The number of hydrogen-bond acceptors (Lipinski definition) is 6. The second-order valence-electron chi connectivity index (χ2n) is 8.59. The Kier molecular flexibility index (Phi) is 7.19. The van der Waals surface area contributed by atoms with E-state index in [1.165, 1.54) is 6.07 Å². The van der Waals surface area contributed by atoms with Crippen molar-refractivity contribution in [1.82, 2.24) is 10.2 Å². The number of nitrogens with one attached hydrogen (secondary N) is 2. The lowest BCUT2D eigenvalue weighted by atomic mass is 10.1. The summed E-state index contributed by atoms with van der Waals surface area (Å²) in [6.07, 6.45) is 4.28. The van der Waals surface area contributed by atoms with E-state index in [1.54, 1.807) is 36.4 Å². The Morgan fingerprint density at radius 1 is 1.00 bits per heavy atom. The number of non-ortho nitro benzene ring substituents is 1. The molecule has 33 heavy (non-hydrogen) atoms. The van der Waals surface area contributed by atoms with Gasteiger partial charge in [-0.25, -0.2) is 0 Å². The molecule has 2 aromatic rings. The van der Waals surface area contributed by atoms with E-state index < -0.39 is 4.92 Å². The summed E-state index contributed by atoms with van der Waals surface area (Å²) >= 11 is 0. The Bertz CT molecular complexity index is 1010. The highest BCUT2D eigenvalue weighted by Gasteiger charge is 2.22. The molecule has 2 aromatic carbocycles. The van der Waals surface area contributed by atoms with Crippen molar-refractivity contribution in [2.75, 3.05) is 42.9 Å². The predicted molar refractivity (Wildman–Crippen MR) is 127 cm³/mol. The van der Waals surface area contributed by atoms with Crippen molar-refractivity contribution >= 4 is 28.9 Å². The lowest BCUT2D eigenvalue weighted by Crippen LogP contribution is -2.48. The summed E-state index contributed by atoms with van der Waals surface area (Å²) in [7, 11) is 0. The van der Waals surface area contributed by atoms with Crippen molar-refractivity contribution in [3.8, 4) is 0 Å². The first-order chi connectivity index (χ1) is 16.0. The maximum absolute atomic E-state index is 12.7. The summed E-state index contributed by atoms with van der Waals surface area (Å²) in [5.41, 5.74) is 1.89. The lowest BCUT2D eigenvalue weighted by Gasteiger charge is -2.35. The highest BCUT2D eigenvalue weighted by molar-refractivity contribution is 6.04. The number of hydrogen-bond donors (Lipinski definition) is 2. The maximum Gasteiger partial charge on any atom is 0.271 e. The lowest BCUT2D eigenvalue weighted by molar-refractivity contribution is -0.384. The normalized spacial score (nSPS) is 17.0. The molecule has 2 amide bonds. The molecule has 0 radical (unpaired) electrons. The molecule has 1 aliphatic carbocycles. The van der Waals surface area contributed by atoms with Gasteiger partial charge in [0.15, 0.2) is 0 Å². The molecule has 1 saturated carbocycles. The molecule has 1 aliphatic heterocycles. The summed E-state index contributed by atoms with van der Waals surface area (Å²) in [4.78, 5) is 40.2. The number of para-hydroxylation sites is 1. The topological polar surface area (TPSA) is 108 Å². The predicted octanol–water partition coefficient (Wildman–Crippen LogP) is 3.03. The maximum atomic E-state index is 12.7. The van der Waals surface area contributed by atoms with Crippen LogP contribution < -0.4 is 15.5 Å². The number of nitrogens with zero attached hydrogens (tertiary/aromatic N) is 3. The van der Waals surface area contributed by atoms with Gasteiger partial charge in [-0.05, 0) is 31.0 Å². The van der Waals surface area contributed by atoms with Gasteiger partial charge in [0.25, 0.3) is 11.6 Å². The average molecular weight is 452 g/mol. The molecule has 0 aromatic heterocycles. The highest BCUT2D eigenvalue weighted by atomic mass is 16.6. The number of carbonyl (C=O) groups is 2. The first kappa shape index (κ1) is 22.7. The van der Waals surface area contributed by atoms with Crippen LogP contribution in [0.25, 0.3) is 0 Å². The second-order valence-corrected chi connectivity index (χ2v) is 8.59. The molecule has 2 N–H and O–H groups in total. The van der Waals surface area contributed by atoms with Gasteiger partial charge >= 0.3 is 0 Å². The quantitative estimate of drug-likeness (QED) is 0.495. The molecule has 2 aliphatic rings. The van der Waals surface area contributed by atoms with Crippen LogP contribution in [0.15, 0.2) is 48.5 Å². The number of nitro groups is 1. The van der Waals surface area contributed by atoms with Gasteiger partial charge in [0.1, 0.15) is 0 Å². The standard InChI is InChI=1S/C24H29N5O4/c30-23(26-22-11-4-3-10-21(22)24(31)25-18-6-1-2-7-18)17-27-12-14-28(15-13-27)19-8-5-9-20(16-19)29(32)33/h3-5,8-11,16,18H,1-2,6-7,12-15,17H2,(H,25,31)(H,26,30). The van der Waals surface area contributed by atoms with Crippen molar-refractivity contribution in [2.24, 2.45) is 0 Å². The van der Waals surface area contributed by atoms with Gasteiger partial charge in [-0.2, -0.15) is 0 Å². The number of anilines is 2. The fourth-order valence-corrected chi connectivity index (χ4v) is 4.48. The van der Waals surface area contributed by atoms with Crippen molar-refractivity contribution in [3.05, 3.63) is 64.2 Å². The van der Waals surface area contributed by atoms with Gasteiger partial charge in [0, 0.05) is 50.0 Å². The Balaban J connectivity index is 1.30. The molecule has 9 heteroatoms. The third-order valence-electron chi connectivity index (χ3n) is 6.28. The van der Waals surface area contributed by atoms with E-state index in [4.69, 9.17) is 0 Å². The average Bonchev–Trinajstić information content (AvgIpc) is 3.33. The van der Waals surface area contributed by atoms with Crippen LogP contribution in [0.5, 0.6) is 0 Å². The molecular weight excluding hydrogens is 422 g/mol. The van der Waals surface area contributed by atoms with Crippen molar-refractivity contribution in [2.45, 2.75) is 31.7 Å². The number of nitro benzene ring substituents is 1. The zero-order valence-corrected chi connectivity index (χ0v) is 18.5. The van der Waals surface area contributed by atoms with E-state index in [9.17, 15) is 19.7 Å². The molecule has 0 spiro atoms. The van der Waals surface area contributed by atoms with Crippen LogP contribution in [-0.4, -0.2) is 60.4 Å². The molecule has 174 valence electrons. The molecular formula is C24H29N5O4. The Morgan fingerprint density at radius 3 is 2.45 bits per heavy atom. The summed E-state index contributed by atoms with van der Waals surface area (Å²) in [5, 5.41) is 17.0. The summed E-state index contributed by atoms with van der Waals surface area (Å²) in [6.45, 7) is 2.91. The number of benzene rings is 2. The Labute approximate surface area is 192 Å². The molecule has 0 unspecified atom stereocenters. The number of carbonyl (C=O) groups excluding carboxylic acids is 2. The van der Waals surface area contributed by atoms with Crippen molar-refractivity contribution in [3.63, 3.8) is 0 Å². The fraction of sp³-hybridized carbons (Fsp3) is 0.417. The zero-order valence-electron chi connectivity index (χ0n) is 18.5. The van der Waals surface area contributed by atoms with E-state index in [-0.39, 0.29) is 30.1 Å². The SMILES string of the molecule is O=C(CN1CCN(c2cccc([N+](=O)[O-])c2)CC1)Nc1ccccc1C(=O)NC1CCCC1. The second kappa shape index (κ2) is 10.4. The third-order valence-corrected chi connectivity index (χ3v) is 6.28. The van der Waals surface area contributed by atoms with Crippen LogP contribution in [0.2, 0.25) is 0 Å². The summed E-state index contributed by atoms with van der Waals surface area (Å²) < 4.78 is 0. The van der Waals surface area contributed by atoms with E-state index in [0.717, 1.165) is 31.4 Å². The van der Waals surface area contributed by atoms with Crippen LogP contribution in [0.3, 0.4) is 0 Å². The Morgan fingerprint density at radius 2 is 1.73 bits per heavy atom. The van der Waals surface area contributed by atoms with Gasteiger partial charge < -0.3 is 15.5 Å². The van der Waals surface area contributed by atoms with Crippen molar-refractivity contribution < 1.29 is 14.5 Å². The van der Waals surface area contributed by atoms with Crippen LogP contribution in [0, 0.1) is 10.1 Å². The molecule has 1 heterocycles. The minimum atomic E-state index is -0.393. The van der Waals surface area contributed by atoms with Gasteiger partial charge in [0.2, 0.25) is 5.91 Å². The van der Waals surface area contributed by atoms with Gasteiger partial charge in [-0.15, -0.1) is 0 Å². The number of piperazine rings is 1. The van der Waals surface area contributed by atoms with E-state index in [1.807, 2.05) is 11.0 Å². The third kappa shape index (κ3) is 5.87. The number of amides is 2. The monoisotopic (exact) mass is 451 g/mol. The minimum absolute atomic E-state index is 0.0740. The minimum Gasteiger partial charge on any atom is -0.369 e. The molecule has 0 atom stereocenters. The first-order valence-corrected chi connectivity index (χ1v) is 11.4. The van der Waals surface area contributed by atoms with Gasteiger partial charge in [-0.3, -0.25) is 24.6 Å². The summed E-state index contributed by atoms with van der Waals surface area (Å²) in [6, 6.07) is 13.9. The smallest absolute Gasteiger partial charge is 0.271 e. The Hall–Kier alpha value is -3.46. The van der Waals surface area contributed by atoms with Gasteiger partial charge in [0.05, 0.1) is 22.7 Å². The first-order valence-electron chi connectivity index (χ1n) is 11.4. The number of rotatable bonds is 7. The largest absolute Gasteiger partial charge is 0.369 e. The molecule has 2 fully saturated rings. The van der Waals surface area contributed by atoms with E-state index in [0.29, 0.717) is 37.4 Å². The van der Waals surface area contributed by atoms with Crippen LogP contribution in [0.1, 0.15) is 36.0 Å². The molecule has 9 nitrogen and oxygen atoms in total. The fourth-order valence-electron chi connectivity index (χ4n) is 4.48. The van der Waals surface area contributed by atoms with Crippen LogP contribution in [-0.2, 0) is 4.79 Å². The zero-order chi connectivity index (χ0) is 23.2. The van der Waals surface area contributed by atoms with Crippen LogP contribution >= 0.6 is 0 Å². The van der Waals surface area contributed by atoms with Crippen LogP contribution in [0.4, 0.5) is 17.1 Å². The van der Waals surface area contributed by atoms with Gasteiger partial charge in [-0.1, -0.05) is 31.0 Å². The molecule has 1 saturated heterocycles. The van der Waals surface area contributed by atoms with E-state index in [2.05, 4.69) is 15.5 Å².